The van der Waals surface area contributed by atoms with Gasteiger partial charge in [0.1, 0.15) is 0 Å². The summed E-state index contributed by atoms with van der Waals surface area (Å²) in [6.45, 7) is 2.16. The largest absolute Gasteiger partial charge is 0.416 e. The van der Waals surface area contributed by atoms with Gasteiger partial charge in [0.2, 0.25) is 0 Å². The first-order valence-electron chi connectivity index (χ1n) is 6.91. The van der Waals surface area contributed by atoms with Crippen LogP contribution in [-0.4, -0.2) is 18.6 Å². The molecule has 0 saturated carbocycles. The fourth-order valence-electron chi connectivity index (χ4n) is 1.93. The molecule has 0 aliphatic heterocycles. The van der Waals surface area contributed by atoms with E-state index < -0.39 is 11.7 Å². The summed E-state index contributed by atoms with van der Waals surface area (Å²) in [5.41, 5.74) is 0.122. The molecular formula is C15H22F3NS. The maximum Gasteiger partial charge on any atom is 0.416 e. The average molecular weight is 305 g/mol. The van der Waals surface area contributed by atoms with Crippen LogP contribution in [0.15, 0.2) is 24.3 Å². The van der Waals surface area contributed by atoms with E-state index >= 15 is 0 Å². The van der Waals surface area contributed by atoms with Crippen LogP contribution in [0, 0.1) is 0 Å². The van der Waals surface area contributed by atoms with Gasteiger partial charge in [-0.1, -0.05) is 31.9 Å². The minimum Gasteiger partial charge on any atom is -0.312 e. The van der Waals surface area contributed by atoms with E-state index in [1.54, 1.807) is 24.9 Å². The molecule has 0 amide bonds. The Balaban J connectivity index is 2.61. The molecule has 1 nitrogen and oxygen atoms in total. The molecule has 1 atom stereocenters. The van der Waals surface area contributed by atoms with Gasteiger partial charge >= 0.3 is 6.18 Å². The van der Waals surface area contributed by atoms with Crippen LogP contribution in [0.3, 0.4) is 0 Å². The Kier molecular flexibility index (Phi) is 7.45. The van der Waals surface area contributed by atoms with E-state index in [-0.39, 0.29) is 6.04 Å². The number of hydrogen-bond acceptors (Lipinski definition) is 2. The van der Waals surface area contributed by atoms with Crippen molar-refractivity contribution in [3.63, 3.8) is 0 Å². The Morgan fingerprint density at radius 2 is 2.00 bits per heavy atom. The van der Waals surface area contributed by atoms with Gasteiger partial charge < -0.3 is 5.32 Å². The molecule has 20 heavy (non-hydrogen) atoms. The van der Waals surface area contributed by atoms with Crippen molar-refractivity contribution >= 4 is 11.8 Å². The summed E-state index contributed by atoms with van der Waals surface area (Å²) < 4.78 is 38.1. The predicted octanol–water partition coefficient (Wildman–Crippen LogP) is 4.89. The first-order chi connectivity index (χ1) is 9.49. The van der Waals surface area contributed by atoms with E-state index in [0.717, 1.165) is 17.6 Å². The molecule has 0 fully saturated rings. The maximum atomic E-state index is 12.7. The molecule has 0 spiro atoms. The third kappa shape index (κ3) is 5.75. The molecule has 114 valence electrons. The molecule has 5 heteroatoms. The number of halogens is 3. The van der Waals surface area contributed by atoms with Gasteiger partial charge in [0, 0.05) is 11.8 Å². The fourth-order valence-corrected chi connectivity index (χ4v) is 3.10. The Hall–Kier alpha value is -0.680. The topological polar surface area (TPSA) is 12.0 Å². The van der Waals surface area contributed by atoms with Crippen LogP contribution in [-0.2, 0) is 6.18 Å². The average Bonchev–Trinajstić information content (AvgIpc) is 2.42. The van der Waals surface area contributed by atoms with Crippen molar-refractivity contribution in [1.29, 1.82) is 0 Å². The van der Waals surface area contributed by atoms with E-state index in [4.69, 9.17) is 0 Å². The standard InChI is InChI=1S/C15H22F3NS/c1-3-4-5-9-20-11-14(19-2)12-7-6-8-13(10-12)15(16,17)18/h6-8,10,14,19H,3-5,9,11H2,1-2H3. The summed E-state index contributed by atoms with van der Waals surface area (Å²) in [6, 6.07) is 5.55. The second kappa shape index (κ2) is 8.57. The zero-order valence-electron chi connectivity index (χ0n) is 12.0. The lowest BCUT2D eigenvalue weighted by molar-refractivity contribution is -0.137. The molecule has 1 N–H and O–H groups in total. The number of nitrogens with one attached hydrogen (secondary N) is 1. The van der Waals surface area contributed by atoms with Crippen molar-refractivity contribution in [2.75, 3.05) is 18.6 Å². The van der Waals surface area contributed by atoms with Gasteiger partial charge in [0.25, 0.3) is 0 Å². The molecule has 1 aromatic rings. The zero-order chi connectivity index (χ0) is 15.0. The van der Waals surface area contributed by atoms with Crippen LogP contribution < -0.4 is 5.32 Å². The zero-order valence-corrected chi connectivity index (χ0v) is 12.8. The lowest BCUT2D eigenvalue weighted by atomic mass is 10.1. The van der Waals surface area contributed by atoms with Crippen LogP contribution >= 0.6 is 11.8 Å². The highest BCUT2D eigenvalue weighted by molar-refractivity contribution is 7.99. The van der Waals surface area contributed by atoms with E-state index in [0.29, 0.717) is 5.56 Å². The molecule has 0 radical (unpaired) electrons. The van der Waals surface area contributed by atoms with Crippen LogP contribution in [0.5, 0.6) is 0 Å². The summed E-state index contributed by atoms with van der Waals surface area (Å²) in [5.74, 6) is 1.85. The molecular weight excluding hydrogens is 283 g/mol. The number of unbranched alkanes of at least 4 members (excludes halogenated alkanes) is 2. The molecule has 0 bridgehead atoms. The van der Waals surface area contributed by atoms with Crippen molar-refractivity contribution in [2.45, 2.75) is 38.4 Å². The molecule has 1 unspecified atom stereocenters. The van der Waals surface area contributed by atoms with Crippen molar-refractivity contribution in [1.82, 2.24) is 5.32 Å². The molecule has 0 heterocycles. The fraction of sp³-hybridized carbons (Fsp3) is 0.600. The summed E-state index contributed by atoms with van der Waals surface area (Å²) in [6.07, 6.45) is -0.715. The number of thioether (sulfide) groups is 1. The van der Waals surface area contributed by atoms with Crippen molar-refractivity contribution < 1.29 is 13.2 Å². The smallest absolute Gasteiger partial charge is 0.312 e. The summed E-state index contributed by atoms with van der Waals surface area (Å²) >= 11 is 1.79. The molecule has 1 rings (SSSR count). The summed E-state index contributed by atoms with van der Waals surface area (Å²) in [4.78, 5) is 0. The predicted molar refractivity (Wildman–Crippen MR) is 80.1 cm³/mol. The third-order valence-electron chi connectivity index (χ3n) is 3.14. The van der Waals surface area contributed by atoms with Crippen LogP contribution in [0.4, 0.5) is 13.2 Å². The normalized spacial score (nSPS) is 13.4. The van der Waals surface area contributed by atoms with Crippen molar-refractivity contribution in [3.05, 3.63) is 35.4 Å². The van der Waals surface area contributed by atoms with Gasteiger partial charge in [-0.15, -0.1) is 0 Å². The van der Waals surface area contributed by atoms with E-state index in [2.05, 4.69) is 12.2 Å². The molecule has 0 saturated heterocycles. The van der Waals surface area contributed by atoms with Crippen LogP contribution in [0.25, 0.3) is 0 Å². The summed E-state index contributed by atoms with van der Waals surface area (Å²) in [7, 11) is 1.79. The van der Waals surface area contributed by atoms with Gasteiger partial charge in [0.15, 0.2) is 0 Å². The number of hydrogen-bond donors (Lipinski definition) is 1. The van der Waals surface area contributed by atoms with Crippen LogP contribution in [0.1, 0.15) is 43.4 Å². The first kappa shape index (κ1) is 17.4. The third-order valence-corrected chi connectivity index (χ3v) is 4.29. The van der Waals surface area contributed by atoms with Crippen LogP contribution in [0.2, 0.25) is 0 Å². The van der Waals surface area contributed by atoms with Gasteiger partial charge in [-0.2, -0.15) is 24.9 Å². The van der Waals surface area contributed by atoms with Crippen molar-refractivity contribution in [3.8, 4) is 0 Å². The minimum atomic E-state index is -4.28. The Labute approximate surface area is 123 Å². The van der Waals surface area contributed by atoms with Gasteiger partial charge in [-0.05, 0) is 36.9 Å². The second-order valence-electron chi connectivity index (χ2n) is 4.75. The minimum absolute atomic E-state index is 0.0380. The quantitative estimate of drug-likeness (QED) is 0.686. The first-order valence-corrected chi connectivity index (χ1v) is 8.06. The lowest BCUT2D eigenvalue weighted by Gasteiger charge is -2.18. The van der Waals surface area contributed by atoms with E-state index in [1.165, 1.54) is 31.4 Å². The Morgan fingerprint density at radius 1 is 1.25 bits per heavy atom. The number of rotatable bonds is 8. The summed E-state index contributed by atoms with van der Waals surface area (Å²) in [5, 5.41) is 3.10. The number of benzene rings is 1. The number of alkyl halides is 3. The van der Waals surface area contributed by atoms with Crippen molar-refractivity contribution in [2.24, 2.45) is 0 Å². The Morgan fingerprint density at radius 3 is 2.60 bits per heavy atom. The van der Waals surface area contributed by atoms with Gasteiger partial charge in [0.05, 0.1) is 5.56 Å². The highest BCUT2D eigenvalue weighted by atomic mass is 32.2. The highest BCUT2D eigenvalue weighted by Crippen LogP contribution is 2.31. The van der Waals surface area contributed by atoms with E-state index in [1.807, 2.05) is 0 Å². The SMILES string of the molecule is CCCCCSCC(NC)c1cccc(C(F)(F)F)c1. The molecule has 0 aliphatic rings. The highest BCUT2D eigenvalue weighted by Gasteiger charge is 2.30. The van der Waals surface area contributed by atoms with Gasteiger partial charge in [-0.25, -0.2) is 0 Å². The molecule has 0 aromatic heterocycles. The maximum absolute atomic E-state index is 12.7. The monoisotopic (exact) mass is 305 g/mol. The second-order valence-corrected chi connectivity index (χ2v) is 5.90. The Bertz CT molecular complexity index is 393. The molecule has 0 aliphatic carbocycles. The van der Waals surface area contributed by atoms with Gasteiger partial charge in [-0.3, -0.25) is 0 Å². The molecule has 1 aromatic carbocycles. The lowest BCUT2D eigenvalue weighted by Crippen LogP contribution is -2.19. The van der Waals surface area contributed by atoms with E-state index in [9.17, 15) is 13.2 Å².